The van der Waals surface area contributed by atoms with Gasteiger partial charge in [0, 0.05) is 24.7 Å². The summed E-state index contributed by atoms with van der Waals surface area (Å²) in [6.07, 6.45) is 7.07. The first-order valence-electron chi connectivity index (χ1n) is 9.54. The molecule has 24 heavy (non-hydrogen) atoms. The summed E-state index contributed by atoms with van der Waals surface area (Å²) in [6, 6.07) is 8.06. The highest BCUT2D eigenvalue weighted by molar-refractivity contribution is 5.94. The number of likely N-dealkylation sites (tertiary alicyclic amines) is 2. The summed E-state index contributed by atoms with van der Waals surface area (Å²) in [5, 5.41) is 0. The van der Waals surface area contributed by atoms with Gasteiger partial charge in [-0.3, -0.25) is 4.79 Å². The molecule has 1 unspecified atom stereocenters. The van der Waals surface area contributed by atoms with Gasteiger partial charge in [-0.2, -0.15) is 0 Å². The maximum Gasteiger partial charge on any atom is 0.254 e. The van der Waals surface area contributed by atoms with Crippen molar-refractivity contribution in [2.75, 3.05) is 32.8 Å². The summed E-state index contributed by atoms with van der Waals surface area (Å²) in [4.78, 5) is 17.5. The zero-order chi connectivity index (χ0) is 16.8. The zero-order valence-corrected chi connectivity index (χ0v) is 14.9. The second-order valence-corrected chi connectivity index (χ2v) is 7.03. The second kappa shape index (κ2) is 8.52. The largest absolute Gasteiger partial charge is 0.494 e. The topological polar surface area (TPSA) is 32.8 Å². The van der Waals surface area contributed by atoms with Gasteiger partial charge in [-0.05, 0) is 69.5 Å². The molecule has 0 aromatic heterocycles. The molecule has 2 fully saturated rings. The van der Waals surface area contributed by atoms with Crippen molar-refractivity contribution >= 4 is 5.91 Å². The van der Waals surface area contributed by atoms with Gasteiger partial charge in [-0.1, -0.05) is 13.3 Å². The quantitative estimate of drug-likeness (QED) is 0.717. The fourth-order valence-electron chi connectivity index (χ4n) is 3.75. The van der Waals surface area contributed by atoms with Gasteiger partial charge in [0.25, 0.3) is 5.91 Å². The predicted octanol–water partition coefficient (Wildman–Crippen LogP) is 3.57. The number of rotatable bonds is 7. The molecule has 1 amide bonds. The Labute approximate surface area is 145 Å². The number of unbranched alkanes of at least 4 members (excludes halogenated alkanes) is 1. The summed E-state index contributed by atoms with van der Waals surface area (Å²) in [5.74, 6) is 1.03. The number of hydrogen-bond acceptors (Lipinski definition) is 3. The molecule has 0 N–H and O–H groups in total. The Bertz CT molecular complexity index is 523. The number of benzene rings is 1. The van der Waals surface area contributed by atoms with Gasteiger partial charge in [0.05, 0.1) is 6.61 Å². The van der Waals surface area contributed by atoms with Gasteiger partial charge in [-0.15, -0.1) is 0 Å². The minimum Gasteiger partial charge on any atom is -0.494 e. The molecule has 132 valence electrons. The lowest BCUT2D eigenvalue weighted by Gasteiger charge is -2.28. The molecule has 0 radical (unpaired) electrons. The second-order valence-electron chi connectivity index (χ2n) is 7.03. The van der Waals surface area contributed by atoms with Crippen LogP contribution in [0.1, 0.15) is 55.8 Å². The van der Waals surface area contributed by atoms with Gasteiger partial charge in [0.1, 0.15) is 5.75 Å². The Kier molecular flexibility index (Phi) is 6.13. The highest BCUT2D eigenvalue weighted by Crippen LogP contribution is 2.23. The lowest BCUT2D eigenvalue weighted by molar-refractivity contribution is 0.0708. The van der Waals surface area contributed by atoms with E-state index in [4.69, 9.17) is 4.74 Å². The van der Waals surface area contributed by atoms with Crippen LogP contribution in [0.4, 0.5) is 0 Å². The van der Waals surface area contributed by atoms with Gasteiger partial charge in [0.15, 0.2) is 0 Å². The van der Waals surface area contributed by atoms with E-state index in [1.165, 1.54) is 25.9 Å². The van der Waals surface area contributed by atoms with E-state index in [9.17, 15) is 4.79 Å². The maximum atomic E-state index is 12.9. The smallest absolute Gasteiger partial charge is 0.254 e. The molecule has 1 atom stereocenters. The van der Waals surface area contributed by atoms with Crippen molar-refractivity contribution in [2.45, 2.75) is 51.5 Å². The van der Waals surface area contributed by atoms with Crippen molar-refractivity contribution in [3.8, 4) is 5.75 Å². The first kappa shape index (κ1) is 17.3. The van der Waals surface area contributed by atoms with E-state index >= 15 is 0 Å². The summed E-state index contributed by atoms with van der Waals surface area (Å²) in [5.41, 5.74) is 0.783. The third-order valence-electron chi connectivity index (χ3n) is 5.17. The van der Waals surface area contributed by atoms with Crippen molar-refractivity contribution < 1.29 is 9.53 Å². The molecule has 0 aliphatic carbocycles. The minimum absolute atomic E-state index is 0.178. The van der Waals surface area contributed by atoms with Crippen LogP contribution in [0, 0.1) is 0 Å². The van der Waals surface area contributed by atoms with Gasteiger partial charge in [0.2, 0.25) is 0 Å². The van der Waals surface area contributed by atoms with Crippen molar-refractivity contribution in [1.82, 2.24) is 9.80 Å². The lowest BCUT2D eigenvalue weighted by atomic mass is 10.1. The summed E-state index contributed by atoms with van der Waals surface area (Å²) < 4.78 is 5.68. The monoisotopic (exact) mass is 330 g/mol. The Morgan fingerprint density at radius 2 is 1.88 bits per heavy atom. The van der Waals surface area contributed by atoms with Crippen LogP contribution in [0.3, 0.4) is 0 Å². The number of hydrogen-bond donors (Lipinski definition) is 0. The van der Waals surface area contributed by atoms with Crippen molar-refractivity contribution in [1.29, 1.82) is 0 Å². The van der Waals surface area contributed by atoms with Crippen molar-refractivity contribution in [3.63, 3.8) is 0 Å². The first-order valence-corrected chi connectivity index (χ1v) is 9.54. The third-order valence-corrected chi connectivity index (χ3v) is 5.17. The molecule has 0 saturated carbocycles. The van der Waals surface area contributed by atoms with E-state index in [1.54, 1.807) is 0 Å². The highest BCUT2D eigenvalue weighted by atomic mass is 16.5. The Balaban J connectivity index is 1.57. The van der Waals surface area contributed by atoms with Crippen LogP contribution in [0.2, 0.25) is 0 Å². The van der Waals surface area contributed by atoms with Crippen molar-refractivity contribution in [3.05, 3.63) is 29.8 Å². The first-order chi connectivity index (χ1) is 11.8. The van der Waals surface area contributed by atoms with E-state index in [0.717, 1.165) is 56.7 Å². The highest BCUT2D eigenvalue weighted by Gasteiger charge is 2.31. The van der Waals surface area contributed by atoms with Crippen LogP contribution in [0.5, 0.6) is 5.75 Å². The van der Waals surface area contributed by atoms with Crippen LogP contribution in [-0.4, -0.2) is 54.5 Å². The lowest BCUT2D eigenvalue weighted by Crippen LogP contribution is -2.42. The van der Waals surface area contributed by atoms with Crippen molar-refractivity contribution in [2.24, 2.45) is 0 Å². The molecule has 0 spiro atoms. The molecule has 1 aromatic rings. The molecular formula is C20H30N2O2. The molecule has 0 bridgehead atoms. The van der Waals surface area contributed by atoms with Crippen LogP contribution in [-0.2, 0) is 0 Å². The number of nitrogens with zero attached hydrogens (tertiary/aromatic N) is 2. The Morgan fingerprint density at radius 1 is 1.12 bits per heavy atom. The van der Waals surface area contributed by atoms with Crippen LogP contribution in [0.15, 0.2) is 24.3 Å². The normalized spacial score (nSPS) is 21.4. The van der Waals surface area contributed by atoms with Crippen LogP contribution < -0.4 is 4.74 Å². The van der Waals surface area contributed by atoms with Crippen LogP contribution in [0.25, 0.3) is 0 Å². The molecule has 2 heterocycles. The minimum atomic E-state index is 0.178. The third kappa shape index (κ3) is 4.29. The van der Waals surface area contributed by atoms with Gasteiger partial charge < -0.3 is 14.5 Å². The molecule has 2 aliphatic heterocycles. The number of carbonyl (C=O) groups excluding carboxylic acids is 1. The number of carbonyl (C=O) groups is 1. The molecule has 4 heteroatoms. The Morgan fingerprint density at radius 3 is 2.58 bits per heavy atom. The summed E-state index contributed by atoms with van der Waals surface area (Å²) in [7, 11) is 0. The average Bonchev–Trinajstić information content (AvgIpc) is 3.27. The Hall–Kier alpha value is -1.55. The number of amides is 1. The van der Waals surface area contributed by atoms with E-state index in [-0.39, 0.29) is 5.91 Å². The van der Waals surface area contributed by atoms with E-state index < -0.39 is 0 Å². The van der Waals surface area contributed by atoms with Gasteiger partial charge >= 0.3 is 0 Å². The van der Waals surface area contributed by atoms with E-state index in [0.29, 0.717) is 6.04 Å². The molecule has 3 rings (SSSR count). The fraction of sp³-hybridized carbons (Fsp3) is 0.650. The standard InChI is InChI=1S/C20H30N2O2/c1-2-3-15-24-19-10-8-17(9-11-19)20(23)22-14-6-7-18(22)16-21-12-4-5-13-21/h8-11,18H,2-7,12-16H2,1H3. The maximum absolute atomic E-state index is 12.9. The number of ether oxygens (including phenoxy) is 1. The molecule has 2 aliphatic rings. The predicted molar refractivity (Wildman–Crippen MR) is 96.6 cm³/mol. The molecular weight excluding hydrogens is 300 g/mol. The summed E-state index contributed by atoms with van der Waals surface area (Å²) in [6.45, 7) is 7.23. The SMILES string of the molecule is CCCCOc1ccc(C(=O)N2CCCC2CN2CCCC2)cc1. The van der Waals surface area contributed by atoms with Crippen LogP contribution >= 0.6 is 0 Å². The van der Waals surface area contributed by atoms with Gasteiger partial charge in [-0.25, -0.2) is 0 Å². The fourth-order valence-corrected chi connectivity index (χ4v) is 3.75. The van der Waals surface area contributed by atoms with E-state index in [2.05, 4.69) is 16.7 Å². The van der Waals surface area contributed by atoms with E-state index in [1.807, 2.05) is 24.3 Å². The molecule has 2 saturated heterocycles. The molecule has 4 nitrogen and oxygen atoms in total. The molecule has 1 aromatic carbocycles. The summed E-state index contributed by atoms with van der Waals surface area (Å²) >= 11 is 0. The zero-order valence-electron chi connectivity index (χ0n) is 14.9. The average molecular weight is 330 g/mol.